The Morgan fingerprint density at radius 1 is 1.15 bits per heavy atom. The van der Waals surface area contributed by atoms with Gasteiger partial charge in [-0.15, -0.1) is 0 Å². The van der Waals surface area contributed by atoms with Crippen LogP contribution in [0.3, 0.4) is 0 Å². The summed E-state index contributed by atoms with van der Waals surface area (Å²) in [7, 11) is 0. The fraction of sp³-hybridized carbons (Fsp3) is 0.294. The smallest absolute Gasteiger partial charge is 0.142 e. The molecule has 0 atom stereocenters. The first kappa shape index (κ1) is 14.9. The molecule has 106 valence electrons. The van der Waals surface area contributed by atoms with E-state index in [1.54, 1.807) is 0 Å². The van der Waals surface area contributed by atoms with Crippen LogP contribution in [0.15, 0.2) is 46.9 Å². The van der Waals surface area contributed by atoms with Gasteiger partial charge in [-0.05, 0) is 50.1 Å². The zero-order chi connectivity index (χ0) is 14.5. The zero-order valence-corrected chi connectivity index (χ0v) is 13.7. The van der Waals surface area contributed by atoms with Gasteiger partial charge in [-0.3, -0.25) is 0 Å². The van der Waals surface area contributed by atoms with E-state index in [-0.39, 0.29) is 6.10 Å². The van der Waals surface area contributed by atoms with Gasteiger partial charge < -0.3 is 10.1 Å². The zero-order valence-electron chi connectivity index (χ0n) is 12.1. The predicted octanol–water partition coefficient (Wildman–Crippen LogP) is 5.16. The molecule has 0 spiro atoms. The Morgan fingerprint density at radius 2 is 1.90 bits per heavy atom. The molecule has 0 unspecified atom stereocenters. The van der Waals surface area contributed by atoms with Gasteiger partial charge in [-0.1, -0.05) is 40.2 Å². The minimum Gasteiger partial charge on any atom is -0.489 e. The van der Waals surface area contributed by atoms with Gasteiger partial charge in [0, 0.05) is 11.0 Å². The van der Waals surface area contributed by atoms with E-state index in [4.69, 9.17) is 4.74 Å². The Bertz CT molecular complexity index is 581. The minimum absolute atomic E-state index is 0.174. The summed E-state index contributed by atoms with van der Waals surface area (Å²) in [4.78, 5) is 0. The summed E-state index contributed by atoms with van der Waals surface area (Å²) in [5, 5.41) is 3.44. The Kier molecular flexibility index (Phi) is 5.07. The van der Waals surface area contributed by atoms with Crippen LogP contribution in [0.4, 0.5) is 5.69 Å². The van der Waals surface area contributed by atoms with Crippen molar-refractivity contribution < 1.29 is 4.74 Å². The molecule has 0 aliphatic carbocycles. The van der Waals surface area contributed by atoms with Crippen molar-refractivity contribution in [1.29, 1.82) is 0 Å². The highest BCUT2D eigenvalue weighted by Gasteiger charge is 2.05. The predicted molar refractivity (Wildman–Crippen MR) is 88.4 cm³/mol. The molecule has 20 heavy (non-hydrogen) atoms. The summed E-state index contributed by atoms with van der Waals surface area (Å²) in [6.07, 6.45) is 0.174. The highest BCUT2D eigenvalue weighted by molar-refractivity contribution is 9.10. The lowest BCUT2D eigenvalue weighted by Gasteiger charge is -2.15. The van der Waals surface area contributed by atoms with E-state index >= 15 is 0 Å². The number of ether oxygens (including phenoxy) is 1. The molecule has 0 saturated heterocycles. The van der Waals surface area contributed by atoms with Crippen LogP contribution < -0.4 is 10.1 Å². The molecule has 2 aromatic carbocycles. The minimum atomic E-state index is 0.174. The molecule has 0 aliphatic heterocycles. The van der Waals surface area contributed by atoms with Crippen molar-refractivity contribution in [2.24, 2.45) is 0 Å². The number of para-hydroxylation sites is 2. The van der Waals surface area contributed by atoms with Gasteiger partial charge in [-0.2, -0.15) is 0 Å². The second-order valence-corrected chi connectivity index (χ2v) is 5.95. The first-order valence-corrected chi connectivity index (χ1v) is 7.60. The summed E-state index contributed by atoms with van der Waals surface area (Å²) >= 11 is 3.52. The highest BCUT2D eigenvalue weighted by atomic mass is 79.9. The average molecular weight is 334 g/mol. The van der Waals surface area contributed by atoms with Gasteiger partial charge in [0.15, 0.2) is 0 Å². The second kappa shape index (κ2) is 6.80. The van der Waals surface area contributed by atoms with Crippen LogP contribution in [0.25, 0.3) is 0 Å². The largest absolute Gasteiger partial charge is 0.489 e. The maximum Gasteiger partial charge on any atom is 0.142 e. The molecule has 0 amide bonds. The van der Waals surface area contributed by atoms with Gasteiger partial charge >= 0.3 is 0 Å². The van der Waals surface area contributed by atoms with Crippen LogP contribution in [-0.2, 0) is 6.54 Å². The quantitative estimate of drug-likeness (QED) is 0.816. The van der Waals surface area contributed by atoms with Crippen LogP contribution in [0, 0.1) is 6.92 Å². The summed E-state index contributed by atoms with van der Waals surface area (Å²) in [5.74, 6) is 0.899. The second-order valence-electron chi connectivity index (χ2n) is 5.10. The highest BCUT2D eigenvalue weighted by Crippen LogP contribution is 2.26. The Balaban J connectivity index is 2.08. The molecule has 0 saturated carbocycles. The standard InChI is InChI=1S/C17H20BrNO/c1-12(2)20-17-7-5-4-6-16(17)19-11-14-8-9-15(18)13(3)10-14/h4-10,12,19H,11H2,1-3H3. The van der Waals surface area contributed by atoms with Crippen LogP contribution >= 0.6 is 15.9 Å². The first-order chi connectivity index (χ1) is 9.56. The first-order valence-electron chi connectivity index (χ1n) is 6.81. The molecule has 2 rings (SSSR count). The molecule has 0 aliphatic rings. The SMILES string of the molecule is Cc1cc(CNc2ccccc2OC(C)C)ccc1Br. The van der Waals surface area contributed by atoms with E-state index in [2.05, 4.69) is 46.4 Å². The lowest BCUT2D eigenvalue weighted by atomic mass is 10.1. The van der Waals surface area contributed by atoms with Crippen molar-refractivity contribution in [3.63, 3.8) is 0 Å². The molecule has 0 fully saturated rings. The Labute approximate surface area is 129 Å². The lowest BCUT2D eigenvalue weighted by molar-refractivity contribution is 0.243. The average Bonchev–Trinajstić information content (AvgIpc) is 2.41. The molecular weight excluding hydrogens is 314 g/mol. The molecule has 0 radical (unpaired) electrons. The number of hydrogen-bond donors (Lipinski definition) is 1. The van der Waals surface area contributed by atoms with Crippen molar-refractivity contribution in [1.82, 2.24) is 0 Å². The molecule has 0 aromatic heterocycles. The number of benzene rings is 2. The van der Waals surface area contributed by atoms with E-state index in [1.165, 1.54) is 11.1 Å². The maximum absolute atomic E-state index is 5.81. The summed E-state index contributed by atoms with van der Waals surface area (Å²) in [5.41, 5.74) is 3.53. The number of aryl methyl sites for hydroxylation is 1. The van der Waals surface area contributed by atoms with Crippen molar-refractivity contribution in [3.8, 4) is 5.75 Å². The number of halogens is 1. The topological polar surface area (TPSA) is 21.3 Å². The van der Waals surface area contributed by atoms with E-state index in [0.29, 0.717) is 0 Å². The van der Waals surface area contributed by atoms with Gasteiger partial charge in [0.1, 0.15) is 5.75 Å². The number of hydrogen-bond acceptors (Lipinski definition) is 2. The molecule has 1 N–H and O–H groups in total. The van der Waals surface area contributed by atoms with Crippen LogP contribution in [0.1, 0.15) is 25.0 Å². The molecule has 0 bridgehead atoms. The monoisotopic (exact) mass is 333 g/mol. The maximum atomic E-state index is 5.81. The third kappa shape index (κ3) is 4.01. The fourth-order valence-corrected chi connectivity index (χ4v) is 2.23. The summed E-state index contributed by atoms with van der Waals surface area (Å²) in [6, 6.07) is 14.4. The molecule has 2 nitrogen and oxygen atoms in total. The lowest BCUT2D eigenvalue weighted by Crippen LogP contribution is -2.08. The summed E-state index contributed by atoms with van der Waals surface area (Å²) in [6.45, 7) is 6.96. The third-order valence-corrected chi connectivity index (χ3v) is 3.84. The van der Waals surface area contributed by atoms with E-state index < -0.39 is 0 Å². The van der Waals surface area contributed by atoms with Crippen molar-refractivity contribution in [3.05, 3.63) is 58.1 Å². The molecule has 3 heteroatoms. The van der Waals surface area contributed by atoms with E-state index in [1.807, 2.05) is 38.1 Å². The van der Waals surface area contributed by atoms with Crippen LogP contribution in [0.5, 0.6) is 5.75 Å². The molecule has 0 heterocycles. The fourth-order valence-electron chi connectivity index (χ4n) is 1.98. The number of nitrogens with one attached hydrogen (secondary N) is 1. The Morgan fingerprint density at radius 3 is 2.60 bits per heavy atom. The molecular formula is C17H20BrNO. The van der Waals surface area contributed by atoms with Gasteiger partial charge in [0.25, 0.3) is 0 Å². The van der Waals surface area contributed by atoms with Crippen molar-refractivity contribution in [2.75, 3.05) is 5.32 Å². The number of anilines is 1. The number of rotatable bonds is 5. The van der Waals surface area contributed by atoms with Gasteiger partial charge in [0.05, 0.1) is 11.8 Å². The summed E-state index contributed by atoms with van der Waals surface area (Å²) < 4.78 is 6.95. The van der Waals surface area contributed by atoms with E-state index in [9.17, 15) is 0 Å². The normalized spacial score (nSPS) is 10.7. The van der Waals surface area contributed by atoms with Crippen molar-refractivity contribution >= 4 is 21.6 Å². The Hall–Kier alpha value is -1.48. The van der Waals surface area contributed by atoms with Crippen LogP contribution in [-0.4, -0.2) is 6.10 Å². The van der Waals surface area contributed by atoms with Crippen LogP contribution in [0.2, 0.25) is 0 Å². The van der Waals surface area contributed by atoms with Crippen molar-refractivity contribution in [2.45, 2.75) is 33.4 Å². The van der Waals surface area contributed by atoms with Gasteiger partial charge in [0.2, 0.25) is 0 Å². The third-order valence-electron chi connectivity index (χ3n) is 2.96. The van der Waals surface area contributed by atoms with Gasteiger partial charge in [-0.25, -0.2) is 0 Å². The molecule has 2 aromatic rings. The van der Waals surface area contributed by atoms with E-state index in [0.717, 1.165) is 22.5 Å².